The minimum absolute atomic E-state index is 0.236. The fourth-order valence-corrected chi connectivity index (χ4v) is 1.78. The molecule has 0 bridgehead atoms. The Morgan fingerprint density at radius 1 is 1.53 bits per heavy atom. The van der Waals surface area contributed by atoms with Crippen molar-refractivity contribution in [3.63, 3.8) is 0 Å². The third-order valence-corrected chi connectivity index (χ3v) is 2.51. The van der Waals surface area contributed by atoms with Crippen LogP contribution in [0.15, 0.2) is 24.3 Å². The Morgan fingerprint density at radius 3 is 2.94 bits per heavy atom. The standard InChI is InChI=1S/C13H10FNO2/c1-3-6-15-11-5-4-10(14)7-9(11)8-12(15)13(16)17-2/h1,4-5,7-8H,6H2,2H3. The number of ether oxygens (including phenoxy) is 1. The number of carbonyl (C=O) groups excluding carboxylic acids is 1. The van der Waals surface area contributed by atoms with Gasteiger partial charge >= 0.3 is 5.97 Å². The summed E-state index contributed by atoms with van der Waals surface area (Å²) in [6.07, 6.45) is 5.25. The first-order chi connectivity index (χ1) is 8.17. The highest BCUT2D eigenvalue weighted by Gasteiger charge is 2.15. The van der Waals surface area contributed by atoms with Gasteiger partial charge in [0.1, 0.15) is 11.5 Å². The summed E-state index contributed by atoms with van der Waals surface area (Å²) in [5.41, 5.74) is 1.04. The van der Waals surface area contributed by atoms with Crippen LogP contribution in [0.5, 0.6) is 0 Å². The quantitative estimate of drug-likeness (QED) is 0.586. The molecule has 0 saturated carbocycles. The lowest BCUT2D eigenvalue weighted by Crippen LogP contribution is -2.09. The maximum atomic E-state index is 13.1. The molecule has 0 N–H and O–H groups in total. The molecular weight excluding hydrogens is 221 g/mol. The van der Waals surface area contributed by atoms with Gasteiger partial charge in [0.25, 0.3) is 0 Å². The van der Waals surface area contributed by atoms with Crippen molar-refractivity contribution in [2.75, 3.05) is 7.11 Å². The Hall–Kier alpha value is -2.28. The molecule has 0 atom stereocenters. The molecule has 2 aromatic rings. The van der Waals surface area contributed by atoms with Crippen molar-refractivity contribution in [3.8, 4) is 12.3 Å². The third-order valence-electron chi connectivity index (χ3n) is 2.51. The molecule has 0 saturated heterocycles. The molecular formula is C13H10FNO2. The predicted octanol–water partition coefficient (Wildman–Crippen LogP) is 2.20. The van der Waals surface area contributed by atoms with Crippen molar-refractivity contribution in [3.05, 3.63) is 35.8 Å². The molecule has 0 unspecified atom stereocenters. The Labute approximate surface area is 97.8 Å². The summed E-state index contributed by atoms with van der Waals surface area (Å²) in [4.78, 5) is 11.6. The van der Waals surface area contributed by atoms with E-state index < -0.39 is 5.97 Å². The van der Waals surface area contributed by atoms with Gasteiger partial charge in [-0.2, -0.15) is 0 Å². The molecule has 0 spiro atoms. The van der Waals surface area contributed by atoms with Gasteiger partial charge in [-0.3, -0.25) is 0 Å². The number of esters is 1. The van der Waals surface area contributed by atoms with Crippen molar-refractivity contribution in [2.45, 2.75) is 6.54 Å². The molecule has 1 aromatic heterocycles. The number of terminal acetylenes is 1. The summed E-state index contributed by atoms with van der Waals surface area (Å²) in [5, 5.41) is 0.626. The number of nitrogens with zero attached hydrogens (tertiary/aromatic N) is 1. The second kappa shape index (κ2) is 4.30. The number of aromatic nitrogens is 1. The fraction of sp³-hybridized carbons (Fsp3) is 0.154. The third kappa shape index (κ3) is 1.87. The monoisotopic (exact) mass is 231 g/mol. The number of fused-ring (bicyclic) bond motifs is 1. The zero-order valence-corrected chi connectivity index (χ0v) is 9.24. The highest BCUT2D eigenvalue weighted by molar-refractivity contribution is 5.95. The molecule has 1 aromatic carbocycles. The Kier molecular flexibility index (Phi) is 2.84. The first-order valence-electron chi connectivity index (χ1n) is 4.98. The van der Waals surface area contributed by atoms with Gasteiger partial charge in [0.2, 0.25) is 0 Å². The van der Waals surface area contributed by atoms with E-state index in [1.165, 1.54) is 19.2 Å². The van der Waals surface area contributed by atoms with Crippen LogP contribution in [0.4, 0.5) is 4.39 Å². The highest BCUT2D eigenvalue weighted by Crippen LogP contribution is 2.21. The van der Waals surface area contributed by atoms with Crippen molar-refractivity contribution >= 4 is 16.9 Å². The highest BCUT2D eigenvalue weighted by atomic mass is 19.1. The molecule has 86 valence electrons. The molecule has 3 nitrogen and oxygen atoms in total. The van der Waals surface area contributed by atoms with Gasteiger partial charge in [-0.05, 0) is 24.3 Å². The Morgan fingerprint density at radius 2 is 2.29 bits per heavy atom. The smallest absolute Gasteiger partial charge is 0.354 e. The first-order valence-corrected chi connectivity index (χ1v) is 4.98. The normalized spacial score (nSPS) is 10.2. The lowest BCUT2D eigenvalue weighted by Gasteiger charge is -2.04. The van der Waals surface area contributed by atoms with E-state index in [4.69, 9.17) is 6.42 Å². The van der Waals surface area contributed by atoms with Crippen molar-refractivity contribution in [1.29, 1.82) is 0 Å². The summed E-state index contributed by atoms with van der Waals surface area (Å²) < 4.78 is 19.4. The minimum atomic E-state index is -0.489. The molecule has 1 heterocycles. The summed E-state index contributed by atoms with van der Waals surface area (Å²) in [6, 6.07) is 5.85. The van der Waals surface area contributed by atoms with Crippen molar-refractivity contribution in [2.24, 2.45) is 0 Å². The first kappa shape index (κ1) is 11.2. The number of hydrogen-bond acceptors (Lipinski definition) is 2. The average Bonchev–Trinajstić information content (AvgIpc) is 2.67. The Balaban J connectivity index is 2.70. The van der Waals surface area contributed by atoms with Gasteiger partial charge < -0.3 is 9.30 Å². The molecule has 0 aliphatic rings. The van der Waals surface area contributed by atoms with Crippen LogP contribution in [0, 0.1) is 18.2 Å². The van der Waals surface area contributed by atoms with E-state index >= 15 is 0 Å². The summed E-state index contributed by atoms with van der Waals surface area (Å²) in [5.74, 6) is 1.61. The van der Waals surface area contributed by atoms with Crippen LogP contribution in [0.2, 0.25) is 0 Å². The number of halogens is 1. The van der Waals surface area contributed by atoms with Crippen LogP contribution >= 0.6 is 0 Å². The molecule has 4 heteroatoms. The lowest BCUT2D eigenvalue weighted by molar-refractivity contribution is 0.0590. The van der Waals surface area contributed by atoms with Crippen LogP contribution in [0.25, 0.3) is 10.9 Å². The second-order valence-corrected chi connectivity index (χ2v) is 3.51. The van der Waals surface area contributed by atoms with Crippen LogP contribution in [0.1, 0.15) is 10.5 Å². The van der Waals surface area contributed by atoms with Gasteiger partial charge in [0, 0.05) is 10.9 Å². The zero-order chi connectivity index (χ0) is 12.4. The van der Waals surface area contributed by atoms with Crippen LogP contribution < -0.4 is 0 Å². The van der Waals surface area contributed by atoms with Crippen LogP contribution in [0.3, 0.4) is 0 Å². The van der Waals surface area contributed by atoms with Crippen LogP contribution in [-0.4, -0.2) is 17.6 Å². The topological polar surface area (TPSA) is 31.2 Å². The lowest BCUT2D eigenvalue weighted by atomic mass is 10.2. The van der Waals surface area contributed by atoms with Gasteiger partial charge in [0.05, 0.1) is 13.7 Å². The van der Waals surface area contributed by atoms with Crippen molar-refractivity contribution < 1.29 is 13.9 Å². The number of rotatable bonds is 2. The molecule has 17 heavy (non-hydrogen) atoms. The maximum Gasteiger partial charge on any atom is 0.354 e. The Bertz CT molecular complexity index is 622. The van der Waals surface area contributed by atoms with E-state index in [2.05, 4.69) is 10.7 Å². The van der Waals surface area contributed by atoms with Gasteiger partial charge in [-0.1, -0.05) is 5.92 Å². The van der Waals surface area contributed by atoms with E-state index in [1.807, 2.05) is 0 Å². The van der Waals surface area contributed by atoms with E-state index in [0.717, 1.165) is 0 Å². The number of methoxy groups -OCH3 is 1. The van der Waals surface area contributed by atoms with E-state index in [1.54, 1.807) is 16.7 Å². The summed E-state index contributed by atoms with van der Waals surface area (Å²) >= 11 is 0. The summed E-state index contributed by atoms with van der Waals surface area (Å²) in [6.45, 7) is 0.236. The second-order valence-electron chi connectivity index (χ2n) is 3.51. The van der Waals surface area contributed by atoms with E-state index in [9.17, 15) is 9.18 Å². The molecule has 0 amide bonds. The largest absolute Gasteiger partial charge is 0.464 e. The van der Waals surface area contributed by atoms with Gasteiger partial charge in [-0.15, -0.1) is 6.42 Å². The van der Waals surface area contributed by atoms with Gasteiger partial charge in [0.15, 0.2) is 0 Å². The molecule has 0 aliphatic heterocycles. The molecule has 0 radical (unpaired) electrons. The summed E-state index contributed by atoms with van der Waals surface area (Å²) in [7, 11) is 1.29. The molecule has 0 aliphatic carbocycles. The fourth-order valence-electron chi connectivity index (χ4n) is 1.78. The van der Waals surface area contributed by atoms with Crippen LogP contribution in [-0.2, 0) is 11.3 Å². The SMILES string of the molecule is C#CCn1c(C(=O)OC)cc2cc(F)ccc21. The van der Waals surface area contributed by atoms with E-state index in [-0.39, 0.29) is 12.4 Å². The number of carbonyl (C=O) groups is 1. The minimum Gasteiger partial charge on any atom is -0.464 e. The average molecular weight is 231 g/mol. The van der Waals surface area contributed by atoms with Gasteiger partial charge in [-0.25, -0.2) is 9.18 Å². The molecule has 0 fully saturated rings. The predicted molar refractivity (Wildman–Crippen MR) is 62.1 cm³/mol. The molecule has 2 rings (SSSR count). The van der Waals surface area contributed by atoms with E-state index in [0.29, 0.717) is 16.6 Å². The number of benzene rings is 1. The van der Waals surface area contributed by atoms with Crippen molar-refractivity contribution in [1.82, 2.24) is 4.57 Å². The zero-order valence-electron chi connectivity index (χ0n) is 9.24. The maximum absolute atomic E-state index is 13.1. The number of hydrogen-bond donors (Lipinski definition) is 0.